The first-order chi connectivity index (χ1) is 9.02. The summed E-state index contributed by atoms with van der Waals surface area (Å²) >= 11 is 0. The summed E-state index contributed by atoms with van der Waals surface area (Å²) in [5.74, 6) is 0.763. The summed E-state index contributed by atoms with van der Waals surface area (Å²) in [6, 6.07) is 11.8. The van der Waals surface area contributed by atoms with E-state index in [1.807, 2.05) is 38.1 Å². The molecule has 0 bridgehead atoms. The SMILES string of the molecule is COc1cccc(C(O)c2c(C)cc(C)cc2C)c1. The Labute approximate surface area is 114 Å². The Balaban J connectivity index is 2.46. The van der Waals surface area contributed by atoms with Crippen molar-refractivity contribution in [1.82, 2.24) is 0 Å². The predicted molar refractivity (Wildman–Crippen MR) is 77.7 cm³/mol. The molecule has 0 aromatic heterocycles. The van der Waals surface area contributed by atoms with Crippen LogP contribution in [0.4, 0.5) is 0 Å². The number of methoxy groups -OCH3 is 1. The lowest BCUT2D eigenvalue weighted by molar-refractivity contribution is 0.218. The van der Waals surface area contributed by atoms with E-state index < -0.39 is 6.10 Å². The quantitative estimate of drug-likeness (QED) is 0.907. The lowest BCUT2D eigenvalue weighted by Gasteiger charge is -2.18. The van der Waals surface area contributed by atoms with Gasteiger partial charge < -0.3 is 9.84 Å². The number of aliphatic hydroxyl groups excluding tert-OH is 1. The standard InChI is InChI=1S/C17H20O2/c1-11-8-12(2)16(13(3)9-11)17(18)14-6-5-7-15(10-14)19-4/h5-10,17-18H,1-4H3. The normalized spacial score (nSPS) is 12.3. The van der Waals surface area contributed by atoms with Crippen molar-refractivity contribution in [3.8, 4) is 5.75 Å². The molecule has 0 heterocycles. The van der Waals surface area contributed by atoms with Crippen LogP contribution in [-0.4, -0.2) is 12.2 Å². The minimum Gasteiger partial charge on any atom is -0.497 e. The highest BCUT2D eigenvalue weighted by atomic mass is 16.5. The van der Waals surface area contributed by atoms with Crippen LogP contribution in [0.15, 0.2) is 36.4 Å². The van der Waals surface area contributed by atoms with Gasteiger partial charge in [-0.25, -0.2) is 0 Å². The molecule has 0 amide bonds. The molecule has 0 fully saturated rings. The summed E-state index contributed by atoms with van der Waals surface area (Å²) in [5, 5.41) is 10.6. The maximum atomic E-state index is 10.6. The van der Waals surface area contributed by atoms with Crippen LogP contribution >= 0.6 is 0 Å². The minimum absolute atomic E-state index is 0.615. The van der Waals surface area contributed by atoms with Gasteiger partial charge in [0.1, 0.15) is 11.9 Å². The number of rotatable bonds is 3. The number of aryl methyl sites for hydroxylation is 3. The van der Waals surface area contributed by atoms with Gasteiger partial charge in [0.2, 0.25) is 0 Å². The van der Waals surface area contributed by atoms with Gasteiger partial charge in [0.15, 0.2) is 0 Å². The zero-order chi connectivity index (χ0) is 14.0. The van der Waals surface area contributed by atoms with Gasteiger partial charge >= 0.3 is 0 Å². The molecule has 0 radical (unpaired) electrons. The summed E-state index contributed by atoms with van der Waals surface area (Å²) < 4.78 is 5.21. The molecule has 100 valence electrons. The van der Waals surface area contributed by atoms with Crippen molar-refractivity contribution in [3.63, 3.8) is 0 Å². The molecule has 19 heavy (non-hydrogen) atoms. The highest BCUT2D eigenvalue weighted by Crippen LogP contribution is 2.30. The first-order valence-corrected chi connectivity index (χ1v) is 6.42. The summed E-state index contributed by atoms with van der Waals surface area (Å²) in [5.41, 5.74) is 5.30. The van der Waals surface area contributed by atoms with Gasteiger partial charge in [-0.15, -0.1) is 0 Å². The van der Waals surface area contributed by atoms with Crippen LogP contribution in [0.25, 0.3) is 0 Å². The first-order valence-electron chi connectivity index (χ1n) is 6.42. The maximum absolute atomic E-state index is 10.6. The van der Waals surface area contributed by atoms with Gasteiger partial charge in [-0.3, -0.25) is 0 Å². The van der Waals surface area contributed by atoms with Gasteiger partial charge in [0.25, 0.3) is 0 Å². The Morgan fingerprint density at radius 3 is 2.21 bits per heavy atom. The van der Waals surface area contributed by atoms with Crippen LogP contribution in [0.1, 0.15) is 33.9 Å². The van der Waals surface area contributed by atoms with Gasteiger partial charge in [0.05, 0.1) is 7.11 Å². The Kier molecular flexibility index (Phi) is 3.91. The van der Waals surface area contributed by atoms with Crippen molar-refractivity contribution >= 4 is 0 Å². The van der Waals surface area contributed by atoms with Crippen molar-refractivity contribution in [3.05, 3.63) is 64.2 Å². The smallest absolute Gasteiger partial charge is 0.119 e. The summed E-state index contributed by atoms with van der Waals surface area (Å²) in [6.45, 7) is 6.15. The van der Waals surface area contributed by atoms with Crippen molar-refractivity contribution in [2.24, 2.45) is 0 Å². The van der Waals surface area contributed by atoms with Crippen LogP contribution in [-0.2, 0) is 0 Å². The Bertz CT molecular complexity index is 565. The highest BCUT2D eigenvalue weighted by Gasteiger charge is 2.16. The molecule has 0 spiro atoms. The van der Waals surface area contributed by atoms with E-state index in [1.165, 1.54) is 5.56 Å². The van der Waals surface area contributed by atoms with Crippen LogP contribution in [0.2, 0.25) is 0 Å². The second kappa shape index (κ2) is 5.45. The predicted octanol–water partition coefficient (Wildman–Crippen LogP) is 3.70. The van der Waals surface area contributed by atoms with Gasteiger partial charge in [-0.1, -0.05) is 29.8 Å². The molecule has 1 atom stereocenters. The molecule has 2 rings (SSSR count). The molecule has 1 unspecified atom stereocenters. The van der Waals surface area contributed by atoms with E-state index in [-0.39, 0.29) is 0 Å². The van der Waals surface area contributed by atoms with Crippen LogP contribution in [0, 0.1) is 20.8 Å². The molecule has 0 saturated heterocycles. The molecule has 0 aliphatic rings. The van der Waals surface area contributed by atoms with Gasteiger partial charge in [-0.05, 0) is 55.2 Å². The highest BCUT2D eigenvalue weighted by molar-refractivity contribution is 5.44. The topological polar surface area (TPSA) is 29.5 Å². The average Bonchev–Trinajstić information content (AvgIpc) is 2.37. The second-order valence-electron chi connectivity index (χ2n) is 4.99. The van der Waals surface area contributed by atoms with E-state index in [4.69, 9.17) is 4.74 Å². The monoisotopic (exact) mass is 256 g/mol. The Morgan fingerprint density at radius 1 is 1.00 bits per heavy atom. The number of ether oxygens (including phenoxy) is 1. The molecule has 0 aliphatic heterocycles. The Morgan fingerprint density at radius 2 is 1.63 bits per heavy atom. The van der Waals surface area contributed by atoms with Crippen molar-refractivity contribution in [2.75, 3.05) is 7.11 Å². The minimum atomic E-state index is -0.615. The lowest BCUT2D eigenvalue weighted by atomic mass is 9.92. The molecule has 1 N–H and O–H groups in total. The Hall–Kier alpha value is -1.80. The number of hydrogen-bond donors (Lipinski definition) is 1. The lowest BCUT2D eigenvalue weighted by Crippen LogP contribution is -2.05. The third-order valence-corrected chi connectivity index (χ3v) is 3.42. The number of hydrogen-bond acceptors (Lipinski definition) is 2. The molecule has 2 aromatic carbocycles. The van der Waals surface area contributed by atoms with E-state index in [0.29, 0.717) is 0 Å². The van der Waals surface area contributed by atoms with E-state index in [0.717, 1.165) is 28.0 Å². The zero-order valence-electron chi connectivity index (χ0n) is 11.9. The molecule has 2 nitrogen and oxygen atoms in total. The largest absolute Gasteiger partial charge is 0.497 e. The number of benzene rings is 2. The van der Waals surface area contributed by atoms with Crippen LogP contribution in [0.3, 0.4) is 0 Å². The third-order valence-electron chi connectivity index (χ3n) is 3.42. The zero-order valence-corrected chi connectivity index (χ0v) is 11.9. The molecule has 2 heteroatoms. The second-order valence-corrected chi connectivity index (χ2v) is 4.99. The van der Waals surface area contributed by atoms with Crippen molar-refractivity contribution < 1.29 is 9.84 Å². The van der Waals surface area contributed by atoms with Gasteiger partial charge in [-0.2, -0.15) is 0 Å². The van der Waals surface area contributed by atoms with Gasteiger partial charge in [0, 0.05) is 0 Å². The van der Waals surface area contributed by atoms with E-state index in [2.05, 4.69) is 19.1 Å². The average molecular weight is 256 g/mol. The molecule has 2 aromatic rings. The fourth-order valence-electron chi connectivity index (χ4n) is 2.60. The van der Waals surface area contributed by atoms with E-state index in [1.54, 1.807) is 7.11 Å². The fourth-order valence-corrected chi connectivity index (χ4v) is 2.60. The van der Waals surface area contributed by atoms with Crippen molar-refractivity contribution in [1.29, 1.82) is 0 Å². The molecule has 0 aliphatic carbocycles. The van der Waals surface area contributed by atoms with Crippen molar-refractivity contribution in [2.45, 2.75) is 26.9 Å². The molecule has 0 saturated carbocycles. The summed E-state index contributed by atoms with van der Waals surface area (Å²) in [6.07, 6.45) is -0.615. The molecular weight excluding hydrogens is 236 g/mol. The van der Waals surface area contributed by atoms with E-state index >= 15 is 0 Å². The fraction of sp³-hybridized carbons (Fsp3) is 0.294. The number of aliphatic hydroxyl groups is 1. The summed E-state index contributed by atoms with van der Waals surface area (Å²) in [4.78, 5) is 0. The van der Waals surface area contributed by atoms with Crippen LogP contribution in [0.5, 0.6) is 5.75 Å². The third kappa shape index (κ3) is 2.79. The summed E-state index contributed by atoms with van der Waals surface area (Å²) in [7, 11) is 1.63. The maximum Gasteiger partial charge on any atom is 0.119 e. The van der Waals surface area contributed by atoms with E-state index in [9.17, 15) is 5.11 Å². The van der Waals surface area contributed by atoms with Crippen LogP contribution < -0.4 is 4.74 Å². The first kappa shape index (κ1) is 13.6. The molecular formula is C17H20O2.